The fourth-order valence-corrected chi connectivity index (χ4v) is 2.04. The van der Waals surface area contributed by atoms with Gasteiger partial charge in [0.05, 0.1) is 0 Å². The predicted molar refractivity (Wildman–Crippen MR) is 63.7 cm³/mol. The van der Waals surface area contributed by atoms with E-state index in [9.17, 15) is 4.79 Å². The van der Waals surface area contributed by atoms with E-state index in [0.717, 1.165) is 17.3 Å². The average molecular weight is 240 g/mol. The fourth-order valence-electron chi connectivity index (χ4n) is 1.13. The van der Waals surface area contributed by atoms with Crippen molar-refractivity contribution in [3.63, 3.8) is 0 Å². The monoisotopic (exact) mass is 240 g/mol. The lowest BCUT2D eigenvalue weighted by atomic mass is 10.2. The smallest absolute Gasteiger partial charge is 0.233 e. The van der Waals surface area contributed by atoms with E-state index in [-0.39, 0.29) is 5.91 Å². The molecule has 0 radical (unpaired) electrons. The highest BCUT2D eigenvalue weighted by Gasteiger charge is 2.09. The molecule has 1 aromatic heterocycles. The first-order valence-electron chi connectivity index (χ1n) is 5.07. The number of carbonyl (C=O) groups is 1. The first kappa shape index (κ1) is 12.9. The van der Waals surface area contributed by atoms with E-state index in [0.29, 0.717) is 11.7 Å². The van der Waals surface area contributed by atoms with Gasteiger partial charge in [-0.3, -0.25) is 10.2 Å². The largest absolute Gasteiger partial charge is 0.294 e. The molecule has 1 heterocycles. The van der Waals surface area contributed by atoms with Crippen molar-refractivity contribution < 1.29 is 4.79 Å². The number of nitrogens with two attached hydrogens (primary N) is 1. The average Bonchev–Trinajstić information content (AvgIpc) is 2.26. The molecule has 0 spiro atoms. The summed E-state index contributed by atoms with van der Waals surface area (Å²) in [6.45, 7) is 3.97. The first-order valence-corrected chi connectivity index (χ1v) is 5.95. The van der Waals surface area contributed by atoms with Gasteiger partial charge in [-0.15, -0.1) is 0 Å². The van der Waals surface area contributed by atoms with E-state index in [4.69, 9.17) is 5.84 Å². The number of aryl methyl sites for hydroxylation is 1. The highest BCUT2D eigenvalue weighted by Crippen LogP contribution is 2.22. The van der Waals surface area contributed by atoms with Crippen LogP contribution in [0.1, 0.15) is 25.5 Å². The number of hydrogen-bond acceptors (Lipinski definition) is 5. The molecule has 0 saturated carbocycles. The number of rotatable bonds is 5. The normalized spacial score (nSPS) is 12.2. The summed E-state index contributed by atoms with van der Waals surface area (Å²) in [6.07, 6.45) is 2.92. The van der Waals surface area contributed by atoms with Gasteiger partial charge in [0.2, 0.25) is 5.91 Å². The van der Waals surface area contributed by atoms with Gasteiger partial charge in [0.1, 0.15) is 0 Å². The van der Waals surface area contributed by atoms with Crippen LogP contribution in [0.25, 0.3) is 0 Å². The number of thioether (sulfide) groups is 1. The molecule has 16 heavy (non-hydrogen) atoms. The molecule has 5 nitrogen and oxygen atoms in total. The summed E-state index contributed by atoms with van der Waals surface area (Å²) < 4.78 is 0. The molecule has 0 aliphatic carbocycles. The molecular weight excluding hydrogens is 224 g/mol. The molecule has 3 N–H and O–H groups in total. The third-order valence-corrected chi connectivity index (χ3v) is 3.06. The molecule has 6 heteroatoms. The third-order valence-electron chi connectivity index (χ3n) is 2.02. The van der Waals surface area contributed by atoms with Gasteiger partial charge in [0.15, 0.2) is 5.16 Å². The van der Waals surface area contributed by atoms with Crippen molar-refractivity contribution in [1.82, 2.24) is 15.4 Å². The van der Waals surface area contributed by atoms with E-state index in [2.05, 4.69) is 15.4 Å². The topological polar surface area (TPSA) is 80.9 Å². The maximum absolute atomic E-state index is 10.9. The van der Waals surface area contributed by atoms with Crippen LogP contribution in [0.3, 0.4) is 0 Å². The van der Waals surface area contributed by atoms with E-state index < -0.39 is 0 Å². The maximum atomic E-state index is 10.9. The lowest BCUT2D eigenvalue weighted by Gasteiger charge is -2.09. The summed E-state index contributed by atoms with van der Waals surface area (Å²) >= 11 is 1.57. The van der Waals surface area contributed by atoms with E-state index >= 15 is 0 Å². The van der Waals surface area contributed by atoms with Gasteiger partial charge in [-0.05, 0) is 19.4 Å². The van der Waals surface area contributed by atoms with Crippen molar-refractivity contribution in [1.29, 1.82) is 0 Å². The number of carbonyl (C=O) groups excluding carboxylic acids is 1. The molecule has 1 atom stereocenters. The molecule has 0 aromatic carbocycles. The van der Waals surface area contributed by atoms with Crippen LogP contribution in [0.5, 0.6) is 0 Å². The zero-order valence-electron chi connectivity index (χ0n) is 9.43. The summed E-state index contributed by atoms with van der Waals surface area (Å²) in [5.41, 5.74) is 3.06. The van der Waals surface area contributed by atoms with Crippen LogP contribution in [0.2, 0.25) is 0 Å². The van der Waals surface area contributed by atoms with Gasteiger partial charge in [-0.1, -0.05) is 18.7 Å². The summed E-state index contributed by atoms with van der Waals surface area (Å²) in [7, 11) is 0. The van der Waals surface area contributed by atoms with Crippen LogP contribution < -0.4 is 11.3 Å². The van der Waals surface area contributed by atoms with Gasteiger partial charge in [-0.2, -0.15) is 0 Å². The van der Waals surface area contributed by atoms with Crippen molar-refractivity contribution in [3.05, 3.63) is 18.0 Å². The molecule has 1 aromatic rings. The van der Waals surface area contributed by atoms with Gasteiger partial charge in [-0.25, -0.2) is 15.8 Å². The van der Waals surface area contributed by atoms with Crippen LogP contribution in [-0.2, 0) is 4.79 Å². The molecule has 0 aliphatic heterocycles. The fraction of sp³-hybridized carbons (Fsp3) is 0.500. The Labute approximate surface area is 99.2 Å². The van der Waals surface area contributed by atoms with Gasteiger partial charge in [0, 0.05) is 23.6 Å². The highest BCUT2D eigenvalue weighted by atomic mass is 32.2. The van der Waals surface area contributed by atoms with Crippen molar-refractivity contribution in [3.8, 4) is 0 Å². The van der Waals surface area contributed by atoms with Gasteiger partial charge < -0.3 is 0 Å². The van der Waals surface area contributed by atoms with Crippen molar-refractivity contribution in [2.45, 2.75) is 37.1 Å². The molecule has 0 saturated heterocycles. The van der Waals surface area contributed by atoms with E-state index in [1.807, 2.05) is 19.9 Å². The van der Waals surface area contributed by atoms with E-state index in [1.54, 1.807) is 18.0 Å². The minimum atomic E-state index is -0.141. The Balaban J connectivity index is 2.39. The zero-order valence-corrected chi connectivity index (χ0v) is 10.3. The number of nitrogens with one attached hydrogen (secondary N) is 1. The lowest BCUT2D eigenvalue weighted by molar-refractivity contribution is -0.121. The molecule has 1 unspecified atom stereocenters. The number of hydrazine groups is 1. The van der Waals surface area contributed by atoms with Crippen molar-refractivity contribution >= 4 is 17.7 Å². The second kappa shape index (κ2) is 6.44. The summed E-state index contributed by atoms with van der Waals surface area (Å²) in [5, 5.41) is 1.04. The number of nitrogens with zero attached hydrogens (tertiary/aromatic N) is 2. The Morgan fingerprint density at radius 3 is 3.06 bits per heavy atom. The molecule has 1 rings (SSSR count). The molecule has 0 bridgehead atoms. The van der Waals surface area contributed by atoms with Crippen LogP contribution in [0.4, 0.5) is 0 Å². The Hall–Kier alpha value is -1.14. The summed E-state index contributed by atoms with van der Waals surface area (Å²) in [5.74, 6) is 4.86. The van der Waals surface area contributed by atoms with Crippen LogP contribution in [0.15, 0.2) is 17.4 Å². The summed E-state index contributed by atoms with van der Waals surface area (Å²) in [6, 6.07) is 1.86. The first-order chi connectivity index (χ1) is 7.61. The molecule has 0 aliphatic rings. The SMILES string of the molecule is Cc1ccnc(SC(C)CCC(=O)NN)n1. The minimum absolute atomic E-state index is 0.141. The second-order valence-electron chi connectivity index (χ2n) is 3.52. The Morgan fingerprint density at radius 1 is 1.69 bits per heavy atom. The summed E-state index contributed by atoms with van der Waals surface area (Å²) in [4.78, 5) is 19.4. The van der Waals surface area contributed by atoms with Crippen molar-refractivity contribution in [2.75, 3.05) is 0 Å². The maximum Gasteiger partial charge on any atom is 0.233 e. The molecule has 1 amide bonds. The Bertz CT molecular complexity index is 358. The lowest BCUT2D eigenvalue weighted by Crippen LogP contribution is -2.30. The van der Waals surface area contributed by atoms with Crippen LogP contribution in [-0.4, -0.2) is 21.1 Å². The van der Waals surface area contributed by atoms with E-state index in [1.165, 1.54) is 0 Å². The standard InChI is InChI=1S/C10H16N4OS/c1-7-5-6-12-10(13-7)16-8(2)3-4-9(15)14-11/h5-6,8H,3-4,11H2,1-2H3,(H,14,15). The van der Waals surface area contributed by atoms with Gasteiger partial charge >= 0.3 is 0 Å². The zero-order chi connectivity index (χ0) is 12.0. The molecular formula is C10H16N4OS. The Kier molecular flexibility index (Phi) is 5.21. The highest BCUT2D eigenvalue weighted by molar-refractivity contribution is 7.99. The minimum Gasteiger partial charge on any atom is -0.294 e. The predicted octanol–water partition coefficient (Wildman–Crippen LogP) is 1.04. The van der Waals surface area contributed by atoms with Crippen molar-refractivity contribution in [2.24, 2.45) is 5.84 Å². The third kappa shape index (κ3) is 4.59. The second-order valence-corrected chi connectivity index (χ2v) is 4.92. The van der Waals surface area contributed by atoms with Crippen LogP contribution >= 0.6 is 11.8 Å². The Morgan fingerprint density at radius 2 is 2.44 bits per heavy atom. The van der Waals surface area contributed by atoms with Gasteiger partial charge in [0.25, 0.3) is 0 Å². The number of amides is 1. The number of aromatic nitrogens is 2. The number of hydrogen-bond donors (Lipinski definition) is 2. The molecule has 0 fully saturated rings. The quantitative estimate of drug-likeness (QED) is 0.264. The molecule has 88 valence electrons. The van der Waals surface area contributed by atoms with Crippen LogP contribution in [0, 0.1) is 6.92 Å².